The van der Waals surface area contributed by atoms with Gasteiger partial charge in [-0.2, -0.15) is 0 Å². The number of hydrogen-bond acceptors (Lipinski definition) is 4. The number of carbonyl (C=O) groups is 1. The van der Waals surface area contributed by atoms with Gasteiger partial charge < -0.3 is 10.2 Å². The first-order chi connectivity index (χ1) is 8.20. The summed E-state index contributed by atoms with van der Waals surface area (Å²) >= 11 is 0. The van der Waals surface area contributed by atoms with E-state index in [1.165, 1.54) is 12.1 Å². The molecule has 0 atom stereocenters. The summed E-state index contributed by atoms with van der Waals surface area (Å²) in [6, 6.07) is 6.06. The molecule has 1 aromatic rings. The van der Waals surface area contributed by atoms with Gasteiger partial charge in [-0.3, -0.25) is 14.9 Å². The molecule has 1 saturated heterocycles. The van der Waals surface area contributed by atoms with E-state index in [0.29, 0.717) is 13.1 Å². The molecule has 1 heterocycles. The second-order valence-corrected chi connectivity index (χ2v) is 3.82. The van der Waals surface area contributed by atoms with Crippen molar-refractivity contribution in [2.24, 2.45) is 0 Å². The van der Waals surface area contributed by atoms with E-state index in [1.54, 1.807) is 17.0 Å². The lowest BCUT2D eigenvalue weighted by atomic mass is 10.1. The SMILES string of the molecule is Cl.O=C(c1ccccc1[N+](=O)[O-])N1CCNCC1. The molecular formula is C11H14ClN3O3. The van der Waals surface area contributed by atoms with Gasteiger partial charge in [-0.1, -0.05) is 12.1 Å². The van der Waals surface area contributed by atoms with E-state index >= 15 is 0 Å². The molecule has 1 N–H and O–H groups in total. The predicted octanol–water partition coefficient (Wildman–Crippen LogP) is 1.06. The van der Waals surface area contributed by atoms with Crippen molar-refractivity contribution < 1.29 is 9.72 Å². The highest BCUT2D eigenvalue weighted by atomic mass is 35.5. The fourth-order valence-electron chi connectivity index (χ4n) is 1.85. The number of nitro benzene ring substituents is 1. The summed E-state index contributed by atoms with van der Waals surface area (Å²) in [5, 5.41) is 14.0. The number of carbonyl (C=O) groups excluding carboxylic acids is 1. The molecule has 1 fully saturated rings. The minimum atomic E-state index is -0.518. The Kier molecular flexibility index (Phi) is 5.06. The van der Waals surface area contributed by atoms with Crippen molar-refractivity contribution in [2.45, 2.75) is 0 Å². The average Bonchev–Trinajstić information content (AvgIpc) is 2.39. The van der Waals surface area contributed by atoms with Gasteiger partial charge in [0.05, 0.1) is 4.92 Å². The fraction of sp³-hybridized carbons (Fsp3) is 0.364. The minimum Gasteiger partial charge on any atom is -0.336 e. The van der Waals surface area contributed by atoms with Crippen LogP contribution < -0.4 is 5.32 Å². The zero-order valence-corrected chi connectivity index (χ0v) is 10.5. The standard InChI is InChI=1S/C11H13N3O3.ClH/c15-11(13-7-5-12-6-8-13)9-3-1-2-4-10(9)14(16)17;/h1-4,12H,5-8H2;1H. The summed E-state index contributed by atoms with van der Waals surface area (Å²) in [7, 11) is 0. The fourth-order valence-corrected chi connectivity index (χ4v) is 1.85. The summed E-state index contributed by atoms with van der Waals surface area (Å²) in [6.07, 6.45) is 0. The molecule has 1 amide bonds. The van der Waals surface area contributed by atoms with Crippen molar-refractivity contribution in [1.82, 2.24) is 10.2 Å². The molecule has 1 aliphatic rings. The maximum absolute atomic E-state index is 12.1. The van der Waals surface area contributed by atoms with Crippen LogP contribution in [0, 0.1) is 10.1 Å². The Balaban J connectivity index is 0.00000162. The molecule has 0 radical (unpaired) electrons. The lowest BCUT2D eigenvalue weighted by Crippen LogP contribution is -2.46. The molecule has 6 nitrogen and oxygen atoms in total. The molecule has 0 spiro atoms. The Bertz CT molecular complexity index is 447. The molecule has 0 aliphatic carbocycles. The van der Waals surface area contributed by atoms with Crippen LogP contribution in [0.5, 0.6) is 0 Å². The van der Waals surface area contributed by atoms with E-state index in [1.807, 2.05) is 0 Å². The number of para-hydroxylation sites is 1. The van der Waals surface area contributed by atoms with Gasteiger partial charge in [-0.05, 0) is 6.07 Å². The molecule has 0 aromatic heterocycles. The van der Waals surface area contributed by atoms with Crippen molar-refractivity contribution in [1.29, 1.82) is 0 Å². The monoisotopic (exact) mass is 271 g/mol. The van der Waals surface area contributed by atoms with Crippen LogP contribution in [0.1, 0.15) is 10.4 Å². The highest BCUT2D eigenvalue weighted by Gasteiger charge is 2.24. The maximum Gasteiger partial charge on any atom is 0.282 e. The Labute approximate surface area is 111 Å². The van der Waals surface area contributed by atoms with Crippen molar-refractivity contribution in [3.8, 4) is 0 Å². The van der Waals surface area contributed by atoms with Gasteiger partial charge in [0.25, 0.3) is 11.6 Å². The Morgan fingerprint density at radius 1 is 1.28 bits per heavy atom. The zero-order valence-electron chi connectivity index (χ0n) is 9.67. The number of piperazine rings is 1. The largest absolute Gasteiger partial charge is 0.336 e. The van der Waals surface area contributed by atoms with Crippen LogP contribution in [0.25, 0.3) is 0 Å². The van der Waals surface area contributed by atoms with Crippen LogP contribution in [-0.4, -0.2) is 41.9 Å². The second-order valence-electron chi connectivity index (χ2n) is 3.82. The normalized spacial score (nSPS) is 14.8. The lowest BCUT2D eigenvalue weighted by molar-refractivity contribution is -0.385. The Morgan fingerprint density at radius 3 is 2.50 bits per heavy atom. The van der Waals surface area contributed by atoms with Gasteiger partial charge in [0.15, 0.2) is 0 Å². The molecule has 0 unspecified atom stereocenters. The quantitative estimate of drug-likeness (QED) is 0.645. The average molecular weight is 272 g/mol. The summed E-state index contributed by atoms with van der Waals surface area (Å²) < 4.78 is 0. The van der Waals surface area contributed by atoms with E-state index in [0.717, 1.165) is 13.1 Å². The highest BCUT2D eigenvalue weighted by molar-refractivity contribution is 5.98. The number of rotatable bonds is 2. The Hall–Kier alpha value is -1.66. The highest BCUT2D eigenvalue weighted by Crippen LogP contribution is 2.19. The van der Waals surface area contributed by atoms with E-state index in [9.17, 15) is 14.9 Å². The van der Waals surface area contributed by atoms with Crippen LogP contribution in [0.3, 0.4) is 0 Å². The number of amides is 1. The van der Waals surface area contributed by atoms with Gasteiger partial charge in [-0.15, -0.1) is 12.4 Å². The summed E-state index contributed by atoms with van der Waals surface area (Å²) in [6.45, 7) is 2.63. The van der Waals surface area contributed by atoms with Crippen molar-refractivity contribution >= 4 is 24.0 Å². The molecular weight excluding hydrogens is 258 g/mol. The first kappa shape index (κ1) is 14.4. The van der Waals surface area contributed by atoms with Gasteiger partial charge in [-0.25, -0.2) is 0 Å². The van der Waals surface area contributed by atoms with Crippen molar-refractivity contribution in [3.63, 3.8) is 0 Å². The molecule has 18 heavy (non-hydrogen) atoms. The first-order valence-corrected chi connectivity index (χ1v) is 5.43. The minimum absolute atomic E-state index is 0. The third kappa shape index (κ3) is 2.96. The molecule has 1 aromatic carbocycles. The third-order valence-corrected chi connectivity index (χ3v) is 2.74. The van der Waals surface area contributed by atoms with Crippen molar-refractivity contribution in [2.75, 3.05) is 26.2 Å². The first-order valence-electron chi connectivity index (χ1n) is 5.43. The van der Waals surface area contributed by atoms with Gasteiger partial charge in [0.1, 0.15) is 5.56 Å². The zero-order chi connectivity index (χ0) is 12.3. The molecule has 0 bridgehead atoms. The number of nitrogens with one attached hydrogen (secondary N) is 1. The van der Waals surface area contributed by atoms with E-state index in [2.05, 4.69) is 5.32 Å². The predicted molar refractivity (Wildman–Crippen MR) is 69.1 cm³/mol. The number of nitrogens with zero attached hydrogens (tertiary/aromatic N) is 2. The Morgan fingerprint density at radius 2 is 1.89 bits per heavy atom. The smallest absolute Gasteiger partial charge is 0.282 e. The van der Waals surface area contributed by atoms with Gasteiger partial charge in [0.2, 0.25) is 0 Å². The number of hydrogen-bond donors (Lipinski definition) is 1. The van der Waals surface area contributed by atoms with E-state index < -0.39 is 4.92 Å². The van der Waals surface area contributed by atoms with Crippen molar-refractivity contribution in [3.05, 3.63) is 39.9 Å². The maximum atomic E-state index is 12.1. The second kappa shape index (κ2) is 6.32. The number of nitro groups is 1. The molecule has 2 rings (SSSR count). The summed E-state index contributed by atoms with van der Waals surface area (Å²) in [4.78, 5) is 24.1. The van der Waals surface area contributed by atoms with Crippen LogP contribution in [0.2, 0.25) is 0 Å². The van der Waals surface area contributed by atoms with Crippen LogP contribution in [-0.2, 0) is 0 Å². The summed E-state index contributed by atoms with van der Waals surface area (Å²) in [5.41, 5.74) is 0.0374. The van der Waals surface area contributed by atoms with Crippen LogP contribution in [0.4, 0.5) is 5.69 Å². The van der Waals surface area contributed by atoms with E-state index in [4.69, 9.17) is 0 Å². The lowest BCUT2D eigenvalue weighted by Gasteiger charge is -2.27. The third-order valence-electron chi connectivity index (χ3n) is 2.74. The molecule has 1 aliphatic heterocycles. The summed E-state index contributed by atoms with van der Waals surface area (Å²) in [5.74, 6) is -0.265. The van der Waals surface area contributed by atoms with Gasteiger partial charge in [0, 0.05) is 32.2 Å². The number of halogens is 1. The number of benzene rings is 1. The topological polar surface area (TPSA) is 75.5 Å². The van der Waals surface area contributed by atoms with Gasteiger partial charge >= 0.3 is 0 Å². The molecule has 0 saturated carbocycles. The van der Waals surface area contributed by atoms with Crippen LogP contribution in [0.15, 0.2) is 24.3 Å². The molecule has 98 valence electrons. The molecule has 7 heteroatoms. The van der Waals surface area contributed by atoms with E-state index in [-0.39, 0.29) is 29.6 Å². The van der Waals surface area contributed by atoms with Crippen LogP contribution >= 0.6 is 12.4 Å².